The Morgan fingerprint density at radius 2 is 2.27 bits per heavy atom. The standard InChI is InChI=1S/C11H14ClN2.ClH/c1-2-11(13)14-6-5-8-3-4-9(12)7-10(8)14;/h2-4,7,11H,5-6,13H2,1H3;1H/t11-;/m0./s1. The van der Waals surface area contributed by atoms with Gasteiger partial charge in [-0.1, -0.05) is 24.6 Å². The summed E-state index contributed by atoms with van der Waals surface area (Å²) in [6.07, 6.45) is 3.05. The average molecular weight is 246 g/mol. The number of nitrogens with zero attached hydrogens (tertiary/aromatic N) is 1. The molecule has 1 aliphatic rings. The van der Waals surface area contributed by atoms with E-state index in [1.54, 1.807) is 0 Å². The predicted molar refractivity (Wildman–Crippen MR) is 67.7 cm³/mol. The Balaban J connectivity index is 0.00000112. The van der Waals surface area contributed by atoms with Crippen LogP contribution in [0.5, 0.6) is 0 Å². The molecule has 0 amide bonds. The molecule has 0 bridgehead atoms. The molecule has 2 nitrogen and oxygen atoms in total. The molecule has 1 heterocycles. The van der Waals surface area contributed by atoms with E-state index in [-0.39, 0.29) is 18.6 Å². The molecule has 0 spiro atoms. The third kappa shape index (κ3) is 2.39. The molecular weight excluding hydrogens is 231 g/mol. The van der Waals surface area contributed by atoms with Crippen molar-refractivity contribution in [2.24, 2.45) is 5.73 Å². The Labute approximate surface area is 102 Å². The Morgan fingerprint density at radius 1 is 1.53 bits per heavy atom. The molecule has 1 radical (unpaired) electrons. The molecule has 83 valence electrons. The van der Waals surface area contributed by atoms with E-state index in [2.05, 4.69) is 11.0 Å². The normalized spacial score (nSPS) is 15.8. The van der Waals surface area contributed by atoms with Gasteiger partial charge in [-0.25, -0.2) is 0 Å². The lowest BCUT2D eigenvalue weighted by atomic mass is 10.2. The summed E-state index contributed by atoms with van der Waals surface area (Å²) in [4.78, 5) is 2.18. The van der Waals surface area contributed by atoms with Crippen LogP contribution in [0, 0.1) is 6.42 Å². The summed E-state index contributed by atoms with van der Waals surface area (Å²) in [5, 5.41) is 0.777. The molecule has 1 aliphatic heterocycles. The van der Waals surface area contributed by atoms with Crippen molar-refractivity contribution in [1.29, 1.82) is 0 Å². The highest BCUT2D eigenvalue weighted by Gasteiger charge is 2.22. The lowest BCUT2D eigenvalue weighted by Gasteiger charge is -2.25. The van der Waals surface area contributed by atoms with Gasteiger partial charge in [0.25, 0.3) is 0 Å². The van der Waals surface area contributed by atoms with Crippen molar-refractivity contribution >= 4 is 29.7 Å². The first-order chi connectivity index (χ1) is 6.72. The number of hydrogen-bond donors (Lipinski definition) is 1. The van der Waals surface area contributed by atoms with Crippen LogP contribution >= 0.6 is 24.0 Å². The Kier molecular flexibility index (Phi) is 4.26. The number of halogens is 2. The Hall–Kier alpha value is -0.440. The van der Waals surface area contributed by atoms with Gasteiger partial charge in [0.1, 0.15) is 0 Å². The molecule has 1 aromatic carbocycles. The molecule has 0 aliphatic carbocycles. The fraction of sp³-hybridized carbons (Fsp3) is 0.364. The highest BCUT2D eigenvalue weighted by molar-refractivity contribution is 6.30. The molecule has 0 saturated carbocycles. The van der Waals surface area contributed by atoms with Gasteiger partial charge in [-0.05, 0) is 30.5 Å². The van der Waals surface area contributed by atoms with E-state index in [0.29, 0.717) is 0 Å². The minimum atomic E-state index is -0.00489. The van der Waals surface area contributed by atoms with Crippen LogP contribution in [0.3, 0.4) is 0 Å². The summed E-state index contributed by atoms with van der Waals surface area (Å²) < 4.78 is 0. The monoisotopic (exact) mass is 245 g/mol. The van der Waals surface area contributed by atoms with Gasteiger partial charge >= 0.3 is 0 Å². The number of fused-ring (bicyclic) bond motifs is 1. The third-order valence-corrected chi connectivity index (χ3v) is 2.92. The fourth-order valence-corrected chi connectivity index (χ4v) is 2.03. The third-order valence-electron chi connectivity index (χ3n) is 2.68. The van der Waals surface area contributed by atoms with Gasteiger partial charge in [-0.15, -0.1) is 12.4 Å². The first-order valence-corrected chi connectivity index (χ1v) is 5.20. The molecular formula is C11H15Cl2N2. The van der Waals surface area contributed by atoms with Crippen molar-refractivity contribution in [1.82, 2.24) is 0 Å². The smallest absolute Gasteiger partial charge is 0.0800 e. The highest BCUT2D eigenvalue weighted by Crippen LogP contribution is 2.31. The van der Waals surface area contributed by atoms with E-state index in [0.717, 1.165) is 18.0 Å². The Morgan fingerprint density at radius 3 is 2.93 bits per heavy atom. The number of nitrogens with two attached hydrogens (primary N) is 1. The van der Waals surface area contributed by atoms with Gasteiger partial charge in [0.15, 0.2) is 0 Å². The summed E-state index contributed by atoms with van der Waals surface area (Å²) >= 11 is 5.96. The zero-order valence-electron chi connectivity index (χ0n) is 8.61. The van der Waals surface area contributed by atoms with Gasteiger partial charge in [0.05, 0.1) is 6.17 Å². The van der Waals surface area contributed by atoms with Gasteiger partial charge in [0, 0.05) is 17.3 Å². The van der Waals surface area contributed by atoms with Gasteiger partial charge in [0.2, 0.25) is 0 Å². The number of benzene rings is 1. The maximum atomic E-state index is 5.97. The van der Waals surface area contributed by atoms with Crippen LogP contribution in [0.1, 0.15) is 12.5 Å². The summed E-state index contributed by atoms with van der Waals surface area (Å²) in [5.74, 6) is 0. The maximum absolute atomic E-state index is 5.97. The molecule has 2 rings (SSSR count). The second-order valence-corrected chi connectivity index (χ2v) is 3.98. The Bertz CT molecular complexity index is 341. The molecule has 0 fully saturated rings. The van der Waals surface area contributed by atoms with Gasteiger partial charge < -0.3 is 10.6 Å². The lowest BCUT2D eigenvalue weighted by molar-refractivity contribution is 0.699. The molecule has 1 atom stereocenters. The van der Waals surface area contributed by atoms with E-state index in [9.17, 15) is 0 Å². The summed E-state index contributed by atoms with van der Waals surface area (Å²) in [7, 11) is 0. The van der Waals surface area contributed by atoms with Gasteiger partial charge in [-0.3, -0.25) is 0 Å². The van der Waals surface area contributed by atoms with Crippen molar-refractivity contribution in [3.63, 3.8) is 0 Å². The van der Waals surface area contributed by atoms with Gasteiger partial charge in [-0.2, -0.15) is 0 Å². The van der Waals surface area contributed by atoms with E-state index in [1.807, 2.05) is 25.5 Å². The molecule has 1 aromatic rings. The van der Waals surface area contributed by atoms with Crippen LogP contribution in [0.25, 0.3) is 0 Å². The zero-order valence-corrected chi connectivity index (χ0v) is 10.2. The van der Waals surface area contributed by atoms with Crippen LogP contribution in [0.2, 0.25) is 5.02 Å². The zero-order chi connectivity index (χ0) is 10.1. The van der Waals surface area contributed by atoms with Crippen molar-refractivity contribution in [3.05, 3.63) is 35.2 Å². The minimum Gasteiger partial charge on any atom is -0.355 e. The number of hydrogen-bond acceptors (Lipinski definition) is 2. The van der Waals surface area contributed by atoms with Crippen molar-refractivity contribution in [2.45, 2.75) is 19.5 Å². The van der Waals surface area contributed by atoms with Crippen LogP contribution < -0.4 is 10.6 Å². The first-order valence-electron chi connectivity index (χ1n) is 4.82. The molecule has 4 heteroatoms. The first kappa shape index (κ1) is 12.6. The fourth-order valence-electron chi connectivity index (χ4n) is 1.87. The maximum Gasteiger partial charge on any atom is 0.0800 e. The van der Waals surface area contributed by atoms with Crippen LogP contribution in [0.4, 0.5) is 5.69 Å². The average Bonchev–Trinajstić information content (AvgIpc) is 2.59. The van der Waals surface area contributed by atoms with Crippen molar-refractivity contribution in [2.75, 3.05) is 11.4 Å². The SMILES string of the molecule is C[CH][C@@H](N)N1CCc2ccc(Cl)cc21.Cl. The van der Waals surface area contributed by atoms with E-state index >= 15 is 0 Å². The minimum absolute atomic E-state index is 0. The largest absolute Gasteiger partial charge is 0.355 e. The molecule has 2 N–H and O–H groups in total. The number of anilines is 1. The second kappa shape index (κ2) is 5.06. The molecule has 0 saturated heterocycles. The van der Waals surface area contributed by atoms with Crippen molar-refractivity contribution in [3.8, 4) is 0 Å². The molecule has 15 heavy (non-hydrogen) atoms. The van der Waals surface area contributed by atoms with E-state index in [1.165, 1.54) is 11.3 Å². The lowest BCUT2D eigenvalue weighted by Crippen LogP contribution is -2.40. The van der Waals surface area contributed by atoms with Crippen LogP contribution in [0.15, 0.2) is 18.2 Å². The molecule has 0 unspecified atom stereocenters. The molecule has 0 aromatic heterocycles. The number of rotatable bonds is 2. The summed E-state index contributed by atoms with van der Waals surface area (Å²) in [6, 6.07) is 6.01. The van der Waals surface area contributed by atoms with Crippen molar-refractivity contribution < 1.29 is 0 Å². The predicted octanol–water partition coefficient (Wildman–Crippen LogP) is 2.63. The van der Waals surface area contributed by atoms with Crippen LogP contribution in [-0.4, -0.2) is 12.7 Å². The summed E-state index contributed by atoms with van der Waals surface area (Å²) in [6.45, 7) is 2.97. The van der Waals surface area contributed by atoms with E-state index in [4.69, 9.17) is 17.3 Å². The summed E-state index contributed by atoms with van der Waals surface area (Å²) in [5.41, 5.74) is 8.49. The van der Waals surface area contributed by atoms with Crippen LogP contribution in [-0.2, 0) is 6.42 Å². The highest BCUT2D eigenvalue weighted by atomic mass is 35.5. The van der Waals surface area contributed by atoms with E-state index < -0.39 is 0 Å². The quantitative estimate of drug-likeness (QED) is 0.869. The topological polar surface area (TPSA) is 29.3 Å². The second-order valence-electron chi connectivity index (χ2n) is 3.54.